The molecule has 1 N–H and O–H groups in total. The van der Waals surface area contributed by atoms with E-state index >= 15 is 0 Å². The largest absolute Gasteiger partial charge is 0.493 e. The maximum atomic E-state index is 5.96. The van der Waals surface area contributed by atoms with Gasteiger partial charge in [-0.2, -0.15) is 0 Å². The van der Waals surface area contributed by atoms with Crippen molar-refractivity contribution in [2.24, 2.45) is 5.16 Å². The van der Waals surface area contributed by atoms with Crippen molar-refractivity contribution in [2.75, 3.05) is 41.5 Å². The number of aromatic amines is 1. The quantitative estimate of drug-likeness (QED) is 0.337. The van der Waals surface area contributed by atoms with Crippen LogP contribution in [0.4, 0.5) is 0 Å². The van der Waals surface area contributed by atoms with E-state index in [0.29, 0.717) is 23.8 Å². The summed E-state index contributed by atoms with van der Waals surface area (Å²) in [6, 6.07) is 9.87. The highest BCUT2D eigenvalue weighted by molar-refractivity contribution is 6.30. The highest BCUT2D eigenvalue weighted by atomic mass is 16.6. The van der Waals surface area contributed by atoms with Gasteiger partial charge in [0.15, 0.2) is 17.6 Å². The number of benzene rings is 2. The fourth-order valence-corrected chi connectivity index (χ4v) is 3.73. The molecule has 32 heavy (non-hydrogen) atoms. The molecule has 1 heterocycles. The molecule has 7 nitrogen and oxygen atoms in total. The highest BCUT2D eigenvalue weighted by Crippen LogP contribution is 2.46. The van der Waals surface area contributed by atoms with Crippen LogP contribution in [-0.2, 0) is 4.84 Å². The molecule has 4 rings (SSSR count). The number of nitrogens with zero attached hydrogens (tertiary/aromatic N) is 2. The number of ether oxygens (including phenoxy) is 3. The first kappa shape index (κ1) is 21.6. The minimum Gasteiger partial charge on any atom is -0.493 e. The molecule has 2 aromatic carbocycles. The molecule has 1 aliphatic rings. The van der Waals surface area contributed by atoms with Crippen molar-refractivity contribution in [3.63, 3.8) is 0 Å². The van der Waals surface area contributed by atoms with Gasteiger partial charge >= 0.3 is 0 Å². The van der Waals surface area contributed by atoms with E-state index in [2.05, 4.69) is 21.0 Å². The number of rotatable bonds is 8. The minimum absolute atomic E-state index is 0.453. The van der Waals surface area contributed by atoms with Crippen molar-refractivity contribution in [1.82, 2.24) is 9.88 Å². The Labute approximate surface area is 187 Å². The monoisotopic (exact) mass is 433 g/mol. The maximum absolute atomic E-state index is 5.96. The van der Waals surface area contributed by atoms with E-state index in [0.717, 1.165) is 45.6 Å². The number of oxime groups is 1. The number of hydrogen-bond donors (Lipinski definition) is 1. The molecule has 0 bridgehead atoms. The molecule has 0 amide bonds. The van der Waals surface area contributed by atoms with Gasteiger partial charge < -0.3 is 28.9 Å². The lowest BCUT2D eigenvalue weighted by atomic mass is 10.1. The van der Waals surface area contributed by atoms with Crippen LogP contribution in [0.3, 0.4) is 0 Å². The third-order valence-electron chi connectivity index (χ3n) is 5.40. The Bertz CT molecular complexity index is 1220. The van der Waals surface area contributed by atoms with Gasteiger partial charge in [0, 0.05) is 34.1 Å². The topological polar surface area (TPSA) is 68.3 Å². The van der Waals surface area contributed by atoms with Crippen molar-refractivity contribution in [2.45, 2.75) is 13.0 Å². The Morgan fingerprint density at radius 1 is 1.09 bits per heavy atom. The van der Waals surface area contributed by atoms with Crippen LogP contribution in [0.2, 0.25) is 0 Å². The molecule has 0 aliphatic heterocycles. The Balaban J connectivity index is 1.85. The highest BCUT2D eigenvalue weighted by Gasteiger charge is 2.32. The smallest absolute Gasteiger partial charge is 0.184 e. The standard InChI is InChI=1S/C25H27N3O4/c1-7-15(2)32-27-25-18-14-22(30-6)21(29-5)13-17(18)24-23(25)19-12-16(8-9-20(19)26-24)31-11-10-28(3)4/h1,8-9,12-15,26H,10-11H2,2-6H3/b27-25-/t15-/m0/s1. The average Bonchev–Trinajstić information content (AvgIpc) is 3.30. The van der Waals surface area contributed by atoms with Crippen molar-refractivity contribution >= 4 is 16.6 Å². The summed E-state index contributed by atoms with van der Waals surface area (Å²) in [6.07, 6.45) is 5.03. The third kappa shape index (κ3) is 3.85. The third-order valence-corrected chi connectivity index (χ3v) is 5.40. The fraction of sp³-hybridized carbons (Fsp3) is 0.320. The van der Waals surface area contributed by atoms with E-state index in [9.17, 15) is 0 Å². The molecular formula is C25H27N3O4. The molecule has 0 radical (unpaired) electrons. The van der Waals surface area contributed by atoms with Crippen LogP contribution in [0.5, 0.6) is 17.2 Å². The lowest BCUT2D eigenvalue weighted by Gasteiger charge is -2.12. The molecule has 1 aromatic heterocycles. The van der Waals surface area contributed by atoms with Gasteiger partial charge in [-0.15, -0.1) is 6.42 Å². The van der Waals surface area contributed by atoms with Crippen molar-refractivity contribution < 1.29 is 19.0 Å². The first-order chi connectivity index (χ1) is 15.5. The van der Waals surface area contributed by atoms with Gasteiger partial charge in [0.05, 0.1) is 19.9 Å². The molecule has 3 aromatic rings. The molecule has 0 unspecified atom stereocenters. The number of terminal acetylenes is 1. The van der Waals surface area contributed by atoms with Gasteiger partial charge in [0.2, 0.25) is 0 Å². The van der Waals surface area contributed by atoms with Crippen molar-refractivity contribution in [3.05, 3.63) is 41.5 Å². The molecule has 0 spiro atoms. The normalized spacial score (nSPS) is 14.2. The van der Waals surface area contributed by atoms with Crippen LogP contribution in [0.1, 0.15) is 18.1 Å². The molecule has 166 valence electrons. The van der Waals surface area contributed by atoms with Crippen LogP contribution in [0.25, 0.3) is 22.2 Å². The van der Waals surface area contributed by atoms with Gasteiger partial charge in [0.1, 0.15) is 18.1 Å². The predicted molar refractivity (Wildman–Crippen MR) is 126 cm³/mol. The number of likely N-dealkylation sites (N-methyl/N-ethyl adjacent to an activating group) is 1. The summed E-state index contributed by atoms with van der Waals surface area (Å²) in [5, 5.41) is 5.45. The Morgan fingerprint density at radius 3 is 2.47 bits per heavy atom. The summed E-state index contributed by atoms with van der Waals surface area (Å²) in [6.45, 7) is 3.21. The lowest BCUT2D eigenvalue weighted by Crippen LogP contribution is -2.19. The van der Waals surface area contributed by atoms with Gasteiger partial charge in [0.25, 0.3) is 0 Å². The minimum atomic E-state index is -0.453. The van der Waals surface area contributed by atoms with E-state index in [-0.39, 0.29) is 0 Å². The van der Waals surface area contributed by atoms with Gasteiger partial charge in [-0.1, -0.05) is 11.1 Å². The molecule has 0 saturated heterocycles. The number of aromatic nitrogens is 1. The van der Waals surface area contributed by atoms with Gasteiger partial charge in [-0.05, 0) is 51.4 Å². The summed E-state index contributed by atoms with van der Waals surface area (Å²) in [7, 11) is 7.27. The molecule has 0 fully saturated rings. The zero-order chi connectivity index (χ0) is 22.8. The fourth-order valence-electron chi connectivity index (χ4n) is 3.73. The van der Waals surface area contributed by atoms with Crippen LogP contribution in [0, 0.1) is 12.3 Å². The number of H-pyrrole nitrogens is 1. The van der Waals surface area contributed by atoms with E-state index in [1.165, 1.54) is 0 Å². The van der Waals surface area contributed by atoms with E-state index in [4.69, 9.17) is 25.5 Å². The molecular weight excluding hydrogens is 406 g/mol. The number of methoxy groups -OCH3 is 2. The lowest BCUT2D eigenvalue weighted by molar-refractivity contribution is 0.113. The predicted octanol–water partition coefficient (Wildman–Crippen LogP) is 3.90. The maximum Gasteiger partial charge on any atom is 0.184 e. The van der Waals surface area contributed by atoms with Crippen molar-refractivity contribution in [3.8, 4) is 40.8 Å². The van der Waals surface area contributed by atoms with Crippen LogP contribution in [-0.4, -0.2) is 63.2 Å². The molecule has 0 saturated carbocycles. The number of nitrogens with one attached hydrogen (secondary N) is 1. The van der Waals surface area contributed by atoms with Crippen LogP contribution >= 0.6 is 0 Å². The zero-order valence-electron chi connectivity index (χ0n) is 19.0. The molecule has 1 atom stereocenters. The molecule has 1 aliphatic carbocycles. The first-order valence-electron chi connectivity index (χ1n) is 10.4. The summed E-state index contributed by atoms with van der Waals surface area (Å²) < 4.78 is 17.0. The van der Waals surface area contributed by atoms with E-state index < -0.39 is 6.10 Å². The van der Waals surface area contributed by atoms with Crippen molar-refractivity contribution in [1.29, 1.82) is 0 Å². The number of fused-ring (bicyclic) bond motifs is 5. The van der Waals surface area contributed by atoms with Gasteiger partial charge in [-0.3, -0.25) is 0 Å². The van der Waals surface area contributed by atoms with Crippen LogP contribution in [0.15, 0.2) is 35.5 Å². The summed E-state index contributed by atoms with van der Waals surface area (Å²) in [5.74, 6) is 4.60. The summed E-state index contributed by atoms with van der Waals surface area (Å²) in [4.78, 5) is 11.2. The number of hydrogen-bond acceptors (Lipinski definition) is 6. The van der Waals surface area contributed by atoms with Crippen LogP contribution < -0.4 is 14.2 Å². The Hall–Kier alpha value is -3.63. The molecule has 7 heteroatoms. The van der Waals surface area contributed by atoms with Gasteiger partial charge in [-0.25, -0.2) is 0 Å². The van der Waals surface area contributed by atoms with E-state index in [1.54, 1.807) is 21.1 Å². The Kier molecular flexibility index (Phi) is 5.97. The second-order valence-corrected chi connectivity index (χ2v) is 7.84. The summed E-state index contributed by atoms with van der Waals surface area (Å²) in [5.41, 5.74) is 5.39. The SMILES string of the molecule is C#C[C@H](C)O/N=C1/c2cc(OC)c(OC)cc2-c2[nH]c3ccc(OCCN(C)C)cc3c21. The Morgan fingerprint density at radius 2 is 1.81 bits per heavy atom. The second kappa shape index (κ2) is 8.85. The van der Waals surface area contributed by atoms with E-state index in [1.807, 2.05) is 44.4 Å². The average molecular weight is 434 g/mol. The summed E-state index contributed by atoms with van der Waals surface area (Å²) >= 11 is 0. The second-order valence-electron chi connectivity index (χ2n) is 7.84. The first-order valence-corrected chi connectivity index (χ1v) is 10.4. The zero-order valence-corrected chi connectivity index (χ0v) is 19.0.